The van der Waals surface area contributed by atoms with E-state index < -0.39 is 0 Å². The molecule has 114 valence electrons. The van der Waals surface area contributed by atoms with Crippen LogP contribution in [0.4, 0.5) is 5.69 Å². The zero-order valence-electron chi connectivity index (χ0n) is 12.5. The molecule has 2 aromatic carbocycles. The highest BCUT2D eigenvalue weighted by molar-refractivity contribution is 6.31. The van der Waals surface area contributed by atoms with Gasteiger partial charge < -0.3 is 5.32 Å². The lowest BCUT2D eigenvalue weighted by Gasteiger charge is -2.07. The second-order valence-corrected chi connectivity index (χ2v) is 5.47. The van der Waals surface area contributed by atoms with Gasteiger partial charge in [0.1, 0.15) is 5.82 Å². The van der Waals surface area contributed by atoms with Crippen molar-refractivity contribution >= 4 is 23.2 Å². The van der Waals surface area contributed by atoms with Gasteiger partial charge in [-0.2, -0.15) is 0 Å². The van der Waals surface area contributed by atoms with Crippen LogP contribution in [-0.2, 0) is 0 Å². The molecular formula is C18H14ClN3O. The molecule has 3 rings (SSSR count). The standard InChI is InChI=1S/C18H14ClN3O/c1-12-20-10-9-17(21-12)13-5-7-16(8-6-13)22-18(23)14-3-2-4-15(19)11-14/h2-11H,1H3,(H,22,23). The first-order valence-corrected chi connectivity index (χ1v) is 7.46. The molecule has 4 nitrogen and oxygen atoms in total. The third-order valence-electron chi connectivity index (χ3n) is 3.30. The van der Waals surface area contributed by atoms with Gasteiger partial charge in [0.2, 0.25) is 0 Å². The summed E-state index contributed by atoms with van der Waals surface area (Å²) in [7, 11) is 0. The van der Waals surface area contributed by atoms with Crippen LogP contribution < -0.4 is 5.32 Å². The van der Waals surface area contributed by atoms with Gasteiger partial charge in [0.05, 0.1) is 5.69 Å². The number of halogens is 1. The van der Waals surface area contributed by atoms with Gasteiger partial charge in [-0.3, -0.25) is 4.79 Å². The highest BCUT2D eigenvalue weighted by Gasteiger charge is 2.07. The van der Waals surface area contributed by atoms with Crippen molar-refractivity contribution < 1.29 is 4.79 Å². The second-order valence-electron chi connectivity index (χ2n) is 5.03. The van der Waals surface area contributed by atoms with Crippen molar-refractivity contribution in [2.24, 2.45) is 0 Å². The molecule has 0 radical (unpaired) electrons. The van der Waals surface area contributed by atoms with Crippen molar-refractivity contribution in [1.82, 2.24) is 9.97 Å². The summed E-state index contributed by atoms with van der Waals surface area (Å²) < 4.78 is 0. The number of benzene rings is 2. The maximum atomic E-state index is 12.2. The zero-order chi connectivity index (χ0) is 16.2. The van der Waals surface area contributed by atoms with Crippen molar-refractivity contribution in [2.75, 3.05) is 5.32 Å². The third kappa shape index (κ3) is 3.73. The van der Waals surface area contributed by atoms with E-state index in [0.717, 1.165) is 17.1 Å². The number of nitrogens with one attached hydrogen (secondary N) is 1. The molecule has 3 aromatic rings. The second kappa shape index (κ2) is 6.58. The number of hydrogen-bond acceptors (Lipinski definition) is 3. The molecule has 1 heterocycles. The average molecular weight is 324 g/mol. The molecule has 0 fully saturated rings. The number of anilines is 1. The number of aryl methyl sites for hydroxylation is 1. The fourth-order valence-electron chi connectivity index (χ4n) is 2.17. The summed E-state index contributed by atoms with van der Waals surface area (Å²) in [6, 6.07) is 16.2. The molecule has 0 saturated carbocycles. The van der Waals surface area contributed by atoms with Gasteiger partial charge in [0.25, 0.3) is 5.91 Å². The fraction of sp³-hybridized carbons (Fsp3) is 0.0556. The van der Waals surface area contributed by atoms with E-state index in [1.807, 2.05) is 37.3 Å². The first-order chi connectivity index (χ1) is 11.1. The van der Waals surface area contributed by atoms with E-state index in [2.05, 4.69) is 15.3 Å². The Labute approximate surface area is 139 Å². The number of carbonyl (C=O) groups is 1. The Morgan fingerprint density at radius 1 is 1.09 bits per heavy atom. The molecular weight excluding hydrogens is 310 g/mol. The van der Waals surface area contributed by atoms with E-state index in [0.29, 0.717) is 16.3 Å². The summed E-state index contributed by atoms with van der Waals surface area (Å²) in [5.74, 6) is 0.527. The Bertz CT molecular complexity index is 847. The molecule has 0 aliphatic rings. The molecule has 1 amide bonds. The number of rotatable bonds is 3. The molecule has 0 atom stereocenters. The topological polar surface area (TPSA) is 54.9 Å². The number of amides is 1. The summed E-state index contributed by atoms with van der Waals surface area (Å²) in [6.07, 6.45) is 1.73. The lowest BCUT2D eigenvalue weighted by Crippen LogP contribution is -2.11. The minimum absolute atomic E-state index is 0.196. The first kappa shape index (κ1) is 15.2. The molecule has 0 bridgehead atoms. The maximum absolute atomic E-state index is 12.2. The van der Waals surface area contributed by atoms with E-state index in [4.69, 9.17) is 11.6 Å². The van der Waals surface area contributed by atoms with E-state index in [-0.39, 0.29) is 5.91 Å². The van der Waals surface area contributed by atoms with Crippen molar-refractivity contribution in [3.05, 3.63) is 77.2 Å². The van der Waals surface area contributed by atoms with Gasteiger partial charge in [0, 0.05) is 28.0 Å². The van der Waals surface area contributed by atoms with Crippen LogP contribution in [0.3, 0.4) is 0 Å². The Hall–Kier alpha value is -2.72. The molecule has 0 unspecified atom stereocenters. The van der Waals surface area contributed by atoms with Crippen LogP contribution in [0.1, 0.15) is 16.2 Å². The predicted molar refractivity (Wildman–Crippen MR) is 91.6 cm³/mol. The van der Waals surface area contributed by atoms with Gasteiger partial charge >= 0.3 is 0 Å². The van der Waals surface area contributed by atoms with Crippen molar-refractivity contribution in [2.45, 2.75) is 6.92 Å². The van der Waals surface area contributed by atoms with Crippen molar-refractivity contribution in [3.8, 4) is 11.3 Å². The Morgan fingerprint density at radius 3 is 2.57 bits per heavy atom. The number of aromatic nitrogens is 2. The van der Waals surface area contributed by atoms with Crippen molar-refractivity contribution in [3.63, 3.8) is 0 Å². The minimum Gasteiger partial charge on any atom is -0.322 e. The molecule has 0 aliphatic heterocycles. The minimum atomic E-state index is -0.196. The molecule has 23 heavy (non-hydrogen) atoms. The Kier molecular flexibility index (Phi) is 4.35. The molecule has 0 spiro atoms. The van der Waals surface area contributed by atoms with Crippen LogP contribution in [0.5, 0.6) is 0 Å². The SMILES string of the molecule is Cc1nccc(-c2ccc(NC(=O)c3cccc(Cl)c3)cc2)n1. The average Bonchev–Trinajstić information content (AvgIpc) is 2.55. The van der Waals surface area contributed by atoms with Gasteiger partial charge in [-0.05, 0) is 43.3 Å². The van der Waals surface area contributed by atoms with Gasteiger partial charge in [0.15, 0.2) is 0 Å². The van der Waals surface area contributed by atoms with E-state index in [1.54, 1.807) is 30.5 Å². The smallest absolute Gasteiger partial charge is 0.255 e. The van der Waals surface area contributed by atoms with Crippen LogP contribution in [0.15, 0.2) is 60.8 Å². The van der Waals surface area contributed by atoms with Gasteiger partial charge in [-0.15, -0.1) is 0 Å². The van der Waals surface area contributed by atoms with E-state index in [1.165, 1.54) is 0 Å². The molecule has 1 N–H and O–H groups in total. The molecule has 5 heteroatoms. The Morgan fingerprint density at radius 2 is 1.87 bits per heavy atom. The zero-order valence-corrected chi connectivity index (χ0v) is 13.2. The quantitative estimate of drug-likeness (QED) is 0.779. The summed E-state index contributed by atoms with van der Waals surface area (Å²) in [5.41, 5.74) is 3.05. The van der Waals surface area contributed by atoms with Crippen LogP contribution in [0, 0.1) is 6.92 Å². The lowest BCUT2D eigenvalue weighted by molar-refractivity contribution is 0.102. The lowest BCUT2D eigenvalue weighted by atomic mass is 10.1. The summed E-state index contributed by atoms with van der Waals surface area (Å²) in [4.78, 5) is 20.6. The maximum Gasteiger partial charge on any atom is 0.255 e. The number of nitrogens with zero attached hydrogens (tertiary/aromatic N) is 2. The fourth-order valence-corrected chi connectivity index (χ4v) is 2.36. The largest absolute Gasteiger partial charge is 0.322 e. The summed E-state index contributed by atoms with van der Waals surface area (Å²) >= 11 is 5.90. The molecule has 1 aromatic heterocycles. The van der Waals surface area contributed by atoms with Crippen LogP contribution in [0.25, 0.3) is 11.3 Å². The van der Waals surface area contributed by atoms with Crippen molar-refractivity contribution in [1.29, 1.82) is 0 Å². The summed E-state index contributed by atoms with van der Waals surface area (Å²) in [6.45, 7) is 1.85. The normalized spacial score (nSPS) is 10.3. The number of hydrogen-bond donors (Lipinski definition) is 1. The van der Waals surface area contributed by atoms with Gasteiger partial charge in [-0.1, -0.05) is 29.8 Å². The summed E-state index contributed by atoms with van der Waals surface area (Å²) in [5, 5.41) is 3.38. The van der Waals surface area contributed by atoms with Crippen LogP contribution in [-0.4, -0.2) is 15.9 Å². The highest BCUT2D eigenvalue weighted by atomic mass is 35.5. The van der Waals surface area contributed by atoms with Crippen LogP contribution in [0.2, 0.25) is 5.02 Å². The van der Waals surface area contributed by atoms with E-state index in [9.17, 15) is 4.79 Å². The number of carbonyl (C=O) groups excluding carboxylic acids is 1. The van der Waals surface area contributed by atoms with E-state index >= 15 is 0 Å². The van der Waals surface area contributed by atoms with Crippen LogP contribution >= 0.6 is 11.6 Å². The monoisotopic (exact) mass is 323 g/mol. The van der Waals surface area contributed by atoms with Gasteiger partial charge in [-0.25, -0.2) is 9.97 Å². The highest BCUT2D eigenvalue weighted by Crippen LogP contribution is 2.20. The molecule has 0 saturated heterocycles. The third-order valence-corrected chi connectivity index (χ3v) is 3.54. The first-order valence-electron chi connectivity index (χ1n) is 7.09. The Balaban J connectivity index is 1.76. The predicted octanol–water partition coefficient (Wildman–Crippen LogP) is 4.36. The molecule has 0 aliphatic carbocycles.